The lowest BCUT2D eigenvalue weighted by molar-refractivity contribution is 0.667. The summed E-state index contributed by atoms with van der Waals surface area (Å²) in [5, 5.41) is 1.39. The Balaban J connectivity index is 0.957. The molecule has 0 fully saturated rings. The van der Waals surface area contributed by atoms with Crippen molar-refractivity contribution in [3.8, 4) is 54.9 Å². The first kappa shape index (κ1) is 33.1. The zero-order valence-electron chi connectivity index (χ0n) is 30.9. The molecule has 1 aliphatic rings. The number of hydrogen-bond donors (Lipinski definition) is 0. The fourth-order valence-electron chi connectivity index (χ4n) is 8.42. The number of fused-ring (bicyclic) bond motifs is 5. The number of rotatable bonds is 7. The topological polar surface area (TPSA) is 3.24 Å². The monoisotopic (exact) mass is 721 g/mol. The third kappa shape index (κ3) is 5.87. The lowest BCUT2D eigenvalue weighted by atomic mass is 9.80. The van der Waals surface area contributed by atoms with Crippen molar-refractivity contribution in [2.75, 3.05) is 4.90 Å². The van der Waals surface area contributed by atoms with E-state index in [-0.39, 0.29) is 5.41 Å². The van der Waals surface area contributed by atoms with Gasteiger partial charge in [0.1, 0.15) is 0 Å². The van der Waals surface area contributed by atoms with Gasteiger partial charge < -0.3 is 4.90 Å². The van der Waals surface area contributed by atoms with Crippen molar-refractivity contribution in [2.24, 2.45) is 0 Å². The first-order valence-corrected chi connectivity index (χ1v) is 19.8. The van der Waals surface area contributed by atoms with Gasteiger partial charge in [-0.25, -0.2) is 0 Å². The quantitative estimate of drug-likeness (QED) is 0.158. The molecule has 2 heteroatoms. The number of anilines is 3. The zero-order chi connectivity index (χ0) is 36.9. The van der Waals surface area contributed by atoms with E-state index in [1.165, 1.54) is 76.2 Å². The largest absolute Gasteiger partial charge is 0.310 e. The Labute approximate surface area is 327 Å². The van der Waals surface area contributed by atoms with Crippen molar-refractivity contribution in [3.05, 3.63) is 211 Å². The molecule has 0 amide bonds. The molecule has 0 atom stereocenters. The number of thiophene rings is 1. The van der Waals surface area contributed by atoms with Gasteiger partial charge in [0.25, 0.3) is 0 Å². The van der Waals surface area contributed by atoms with E-state index in [1.54, 1.807) is 0 Å². The van der Waals surface area contributed by atoms with E-state index in [9.17, 15) is 0 Å². The fourth-order valence-corrected chi connectivity index (χ4v) is 9.82. The summed E-state index contributed by atoms with van der Waals surface area (Å²) in [6.45, 7) is 4.77. The second-order valence-electron chi connectivity index (χ2n) is 15.0. The van der Waals surface area contributed by atoms with E-state index < -0.39 is 0 Å². The van der Waals surface area contributed by atoms with Crippen LogP contribution in [0.5, 0.6) is 0 Å². The highest BCUT2D eigenvalue weighted by molar-refractivity contribution is 7.22. The average Bonchev–Trinajstić information content (AvgIpc) is 3.75. The summed E-state index contributed by atoms with van der Waals surface area (Å²) in [6, 6.07) is 72.9. The molecule has 8 aromatic carbocycles. The Morgan fingerprint density at radius 1 is 0.382 bits per heavy atom. The van der Waals surface area contributed by atoms with Crippen LogP contribution in [0, 0.1) is 0 Å². The summed E-state index contributed by atoms with van der Waals surface area (Å²) in [4.78, 5) is 3.78. The first-order valence-electron chi connectivity index (χ1n) is 19.0. The summed E-state index contributed by atoms with van der Waals surface area (Å²) in [5.74, 6) is 0. The molecule has 0 aliphatic heterocycles. The van der Waals surface area contributed by atoms with Crippen LogP contribution in [0.25, 0.3) is 65.0 Å². The highest BCUT2D eigenvalue weighted by Crippen LogP contribution is 2.56. The Bertz CT molecular complexity index is 2790. The van der Waals surface area contributed by atoms with Gasteiger partial charge in [0.05, 0.1) is 0 Å². The predicted molar refractivity (Wildman–Crippen MR) is 236 cm³/mol. The van der Waals surface area contributed by atoms with Gasteiger partial charge >= 0.3 is 0 Å². The molecular formula is C53H39NS. The van der Waals surface area contributed by atoms with Crippen LogP contribution < -0.4 is 4.90 Å². The van der Waals surface area contributed by atoms with Crippen molar-refractivity contribution in [1.29, 1.82) is 0 Å². The summed E-state index contributed by atoms with van der Waals surface area (Å²) in [6.07, 6.45) is 0. The molecule has 1 nitrogen and oxygen atoms in total. The molecule has 0 spiro atoms. The van der Waals surface area contributed by atoms with Crippen molar-refractivity contribution < 1.29 is 0 Å². The third-order valence-electron chi connectivity index (χ3n) is 11.3. The standard InChI is InChI=1S/C53H39NS/c1-53(2)49-35-43(28-33-47(49)52-51(53)48-18-9-10-19-50(48)55-52)41-22-20-38(21-23-41)40-26-31-45(32-27-40)54(44-29-24-39(25-30-44)36-12-5-3-6-13-36)46-17-11-16-42(34-46)37-14-7-4-8-15-37/h3-35H,1-2H3. The Morgan fingerprint density at radius 3 is 1.45 bits per heavy atom. The maximum atomic E-state index is 2.42. The van der Waals surface area contributed by atoms with Crippen LogP contribution in [-0.2, 0) is 5.41 Å². The van der Waals surface area contributed by atoms with Gasteiger partial charge in [-0.1, -0.05) is 166 Å². The van der Waals surface area contributed by atoms with E-state index in [1.807, 2.05) is 11.3 Å². The molecule has 0 unspecified atom stereocenters. The Morgan fingerprint density at radius 2 is 0.836 bits per heavy atom. The summed E-state index contributed by atoms with van der Waals surface area (Å²) >= 11 is 1.93. The van der Waals surface area contributed by atoms with Gasteiger partial charge in [-0.2, -0.15) is 0 Å². The molecule has 0 saturated carbocycles. The number of nitrogens with zero attached hydrogens (tertiary/aromatic N) is 1. The molecular weight excluding hydrogens is 683 g/mol. The lowest BCUT2D eigenvalue weighted by Gasteiger charge is -2.26. The van der Waals surface area contributed by atoms with Crippen molar-refractivity contribution in [3.63, 3.8) is 0 Å². The molecule has 55 heavy (non-hydrogen) atoms. The van der Waals surface area contributed by atoms with Crippen molar-refractivity contribution in [2.45, 2.75) is 19.3 Å². The van der Waals surface area contributed by atoms with Crippen LogP contribution >= 0.6 is 11.3 Å². The molecule has 1 aliphatic carbocycles. The highest BCUT2D eigenvalue weighted by atomic mass is 32.1. The van der Waals surface area contributed by atoms with Crippen LogP contribution in [0.15, 0.2) is 200 Å². The maximum absolute atomic E-state index is 2.42. The van der Waals surface area contributed by atoms with Gasteiger partial charge in [0.15, 0.2) is 0 Å². The van der Waals surface area contributed by atoms with Gasteiger partial charge in [-0.05, 0) is 115 Å². The number of benzene rings is 8. The van der Waals surface area contributed by atoms with E-state index in [0.29, 0.717) is 0 Å². The van der Waals surface area contributed by atoms with Gasteiger partial charge in [-0.3, -0.25) is 0 Å². The Kier molecular flexibility index (Phi) is 8.08. The summed E-state index contributed by atoms with van der Waals surface area (Å²) in [5.41, 5.74) is 17.3. The third-order valence-corrected chi connectivity index (χ3v) is 12.5. The van der Waals surface area contributed by atoms with Gasteiger partial charge in [-0.15, -0.1) is 11.3 Å². The zero-order valence-corrected chi connectivity index (χ0v) is 31.7. The molecule has 10 rings (SSSR count). The minimum atomic E-state index is -0.0390. The normalized spacial score (nSPS) is 12.7. The van der Waals surface area contributed by atoms with Crippen LogP contribution in [0.3, 0.4) is 0 Å². The van der Waals surface area contributed by atoms with E-state index >= 15 is 0 Å². The fraction of sp³-hybridized carbons (Fsp3) is 0.0566. The van der Waals surface area contributed by atoms with Gasteiger partial charge in [0.2, 0.25) is 0 Å². The minimum Gasteiger partial charge on any atom is -0.310 e. The highest BCUT2D eigenvalue weighted by Gasteiger charge is 2.38. The van der Waals surface area contributed by atoms with Crippen LogP contribution in [0.2, 0.25) is 0 Å². The lowest BCUT2D eigenvalue weighted by Crippen LogP contribution is -2.15. The molecule has 0 radical (unpaired) electrons. The molecule has 1 aromatic heterocycles. The summed E-state index contributed by atoms with van der Waals surface area (Å²) < 4.78 is 1.38. The van der Waals surface area contributed by atoms with Crippen LogP contribution in [0.4, 0.5) is 17.1 Å². The average molecular weight is 722 g/mol. The van der Waals surface area contributed by atoms with Crippen molar-refractivity contribution >= 4 is 38.5 Å². The molecule has 0 saturated heterocycles. The van der Waals surface area contributed by atoms with Crippen LogP contribution in [-0.4, -0.2) is 0 Å². The number of hydrogen-bond acceptors (Lipinski definition) is 2. The second-order valence-corrected chi connectivity index (χ2v) is 16.0. The molecule has 262 valence electrons. The predicted octanol–water partition coefficient (Wildman–Crippen LogP) is 15.3. The minimum absolute atomic E-state index is 0.0390. The first-order chi connectivity index (χ1) is 27.0. The van der Waals surface area contributed by atoms with Crippen LogP contribution in [0.1, 0.15) is 25.0 Å². The maximum Gasteiger partial charge on any atom is 0.0467 e. The van der Waals surface area contributed by atoms with E-state index in [4.69, 9.17) is 0 Å². The summed E-state index contributed by atoms with van der Waals surface area (Å²) in [7, 11) is 0. The SMILES string of the molecule is CC1(C)c2cc(-c3ccc(-c4ccc(N(c5ccc(-c6ccccc6)cc5)c5cccc(-c6ccccc6)c5)cc4)cc3)ccc2-c2sc3ccccc3c21. The van der Waals surface area contributed by atoms with E-state index in [2.05, 4.69) is 219 Å². The smallest absolute Gasteiger partial charge is 0.0467 e. The molecule has 9 aromatic rings. The molecule has 0 bridgehead atoms. The second kappa shape index (κ2) is 13.4. The molecule has 0 N–H and O–H groups in total. The Hall–Kier alpha value is -6.48. The van der Waals surface area contributed by atoms with Gasteiger partial charge in [0, 0.05) is 32.1 Å². The van der Waals surface area contributed by atoms with Crippen molar-refractivity contribution in [1.82, 2.24) is 0 Å². The molecule has 1 heterocycles. The van der Waals surface area contributed by atoms with E-state index in [0.717, 1.165) is 17.1 Å².